The molecule has 0 aromatic heterocycles. The van der Waals surface area contributed by atoms with E-state index in [1.807, 2.05) is 18.7 Å². The molecular formula is C21H27N3O3. The van der Waals surface area contributed by atoms with Crippen LogP contribution in [0.15, 0.2) is 42.5 Å². The van der Waals surface area contributed by atoms with Crippen LogP contribution in [-0.4, -0.2) is 36.9 Å². The summed E-state index contributed by atoms with van der Waals surface area (Å²) in [7, 11) is 1.55. The van der Waals surface area contributed by atoms with Crippen LogP contribution >= 0.6 is 0 Å². The normalized spacial score (nSPS) is 10.3. The highest BCUT2D eigenvalue weighted by Crippen LogP contribution is 2.25. The summed E-state index contributed by atoms with van der Waals surface area (Å²) in [5.74, 6) is 0.203. The predicted octanol–water partition coefficient (Wildman–Crippen LogP) is 3.79. The topological polar surface area (TPSA) is 84.7 Å². The molecule has 0 radical (unpaired) electrons. The lowest BCUT2D eigenvalue weighted by Gasteiger charge is -2.21. The summed E-state index contributed by atoms with van der Waals surface area (Å²) in [6, 6.07) is 11.8. The summed E-state index contributed by atoms with van der Waals surface area (Å²) in [6.07, 6.45) is 1.78. The molecule has 2 amide bonds. The lowest BCUT2D eigenvalue weighted by molar-refractivity contribution is 0.0755. The fraction of sp³-hybridized carbons (Fsp3) is 0.333. The zero-order chi connectivity index (χ0) is 19.8. The Balaban J connectivity index is 2.21. The molecule has 0 atom stereocenters. The molecule has 2 aromatic carbocycles. The summed E-state index contributed by atoms with van der Waals surface area (Å²) < 4.78 is 5.16. The van der Waals surface area contributed by atoms with Crippen LogP contribution in [0.4, 0.5) is 11.4 Å². The SMILES string of the molecule is CCCN(CCC)C(=O)c1cccc(C(=O)Nc2cc(OC)ccc2N)c1. The fourth-order valence-electron chi connectivity index (χ4n) is 2.80. The number of hydrogen-bond acceptors (Lipinski definition) is 4. The third-order valence-corrected chi connectivity index (χ3v) is 4.15. The number of nitrogens with zero attached hydrogens (tertiary/aromatic N) is 1. The van der Waals surface area contributed by atoms with Crippen LogP contribution in [0, 0.1) is 0 Å². The van der Waals surface area contributed by atoms with Crippen molar-refractivity contribution < 1.29 is 14.3 Å². The molecule has 6 nitrogen and oxygen atoms in total. The van der Waals surface area contributed by atoms with Crippen LogP contribution in [0.1, 0.15) is 47.4 Å². The van der Waals surface area contributed by atoms with Crippen LogP contribution in [0.25, 0.3) is 0 Å². The Kier molecular flexibility index (Phi) is 7.23. The van der Waals surface area contributed by atoms with Crippen molar-refractivity contribution in [2.75, 3.05) is 31.2 Å². The van der Waals surface area contributed by atoms with E-state index in [-0.39, 0.29) is 11.8 Å². The van der Waals surface area contributed by atoms with Gasteiger partial charge in [-0.3, -0.25) is 9.59 Å². The van der Waals surface area contributed by atoms with Crippen LogP contribution in [-0.2, 0) is 0 Å². The number of nitrogens with two attached hydrogens (primary N) is 1. The Morgan fingerprint density at radius 1 is 1.04 bits per heavy atom. The van der Waals surface area contributed by atoms with Crippen molar-refractivity contribution in [3.63, 3.8) is 0 Å². The van der Waals surface area contributed by atoms with E-state index in [1.54, 1.807) is 49.6 Å². The third kappa shape index (κ3) is 5.23. The van der Waals surface area contributed by atoms with Crippen LogP contribution < -0.4 is 15.8 Å². The second kappa shape index (κ2) is 9.62. The molecule has 3 N–H and O–H groups in total. The number of rotatable bonds is 8. The van der Waals surface area contributed by atoms with Crippen LogP contribution in [0.5, 0.6) is 5.75 Å². The lowest BCUT2D eigenvalue weighted by Crippen LogP contribution is -2.32. The molecule has 0 aliphatic carbocycles. The molecule has 2 rings (SSSR count). The van der Waals surface area contributed by atoms with Gasteiger partial charge in [-0.1, -0.05) is 19.9 Å². The fourth-order valence-corrected chi connectivity index (χ4v) is 2.80. The molecule has 0 aliphatic heterocycles. The molecular weight excluding hydrogens is 342 g/mol. The first-order valence-corrected chi connectivity index (χ1v) is 9.14. The molecule has 144 valence electrons. The van der Waals surface area contributed by atoms with Gasteiger partial charge >= 0.3 is 0 Å². The standard InChI is InChI=1S/C21H27N3O3/c1-4-11-24(12-5-2)21(26)16-8-6-7-15(13-16)20(25)23-19-14-17(27-3)9-10-18(19)22/h6-10,13-14H,4-5,11-12,22H2,1-3H3,(H,23,25). The van der Waals surface area contributed by atoms with Gasteiger partial charge in [0.1, 0.15) is 5.75 Å². The van der Waals surface area contributed by atoms with E-state index in [4.69, 9.17) is 10.5 Å². The number of methoxy groups -OCH3 is 1. The van der Waals surface area contributed by atoms with Gasteiger partial charge in [0.2, 0.25) is 0 Å². The second-order valence-electron chi connectivity index (χ2n) is 6.28. The number of carbonyl (C=O) groups excluding carboxylic acids is 2. The first kappa shape index (κ1) is 20.3. The Bertz CT molecular complexity index is 799. The molecule has 0 bridgehead atoms. The second-order valence-corrected chi connectivity index (χ2v) is 6.28. The van der Waals surface area contributed by atoms with Crippen molar-refractivity contribution in [1.29, 1.82) is 0 Å². The molecule has 2 aromatic rings. The minimum Gasteiger partial charge on any atom is -0.497 e. The Morgan fingerprint density at radius 3 is 2.33 bits per heavy atom. The number of benzene rings is 2. The van der Waals surface area contributed by atoms with E-state index in [0.717, 1.165) is 12.8 Å². The van der Waals surface area contributed by atoms with Gasteiger partial charge in [0.15, 0.2) is 0 Å². The molecule has 27 heavy (non-hydrogen) atoms. The smallest absolute Gasteiger partial charge is 0.255 e. The van der Waals surface area contributed by atoms with Gasteiger partial charge in [0.05, 0.1) is 18.5 Å². The maximum absolute atomic E-state index is 12.8. The maximum Gasteiger partial charge on any atom is 0.255 e. The van der Waals surface area contributed by atoms with Crippen LogP contribution in [0.2, 0.25) is 0 Å². The van der Waals surface area contributed by atoms with Gasteiger partial charge in [-0.25, -0.2) is 0 Å². The van der Waals surface area contributed by atoms with Gasteiger partial charge in [-0.05, 0) is 43.2 Å². The number of anilines is 2. The zero-order valence-corrected chi connectivity index (χ0v) is 16.1. The van der Waals surface area contributed by atoms with E-state index >= 15 is 0 Å². The summed E-state index contributed by atoms with van der Waals surface area (Å²) in [5, 5.41) is 2.78. The average molecular weight is 369 g/mol. The van der Waals surface area contributed by atoms with Gasteiger partial charge in [-0.15, -0.1) is 0 Å². The van der Waals surface area contributed by atoms with Crippen LogP contribution in [0.3, 0.4) is 0 Å². The Labute approximate surface area is 160 Å². The zero-order valence-electron chi connectivity index (χ0n) is 16.1. The number of nitrogen functional groups attached to an aromatic ring is 1. The van der Waals surface area contributed by atoms with Crippen molar-refractivity contribution in [1.82, 2.24) is 4.90 Å². The number of nitrogens with one attached hydrogen (secondary N) is 1. The highest BCUT2D eigenvalue weighted by molar-refractivity contribution is 6.07. The molecule has 6 heteroatoms. The summed E-state index contributed by atoms with van der Waals surface area (Å²) in [6.45, 7) is 5.48. The molecule has 0 fully saturated rings. The summed E-state index contributed by atoms with van der Waals surface area (Å²) in [5.41, 5.74) is 7.73. The number of hydrogen-bond donors (Lipinski definition) is 2. The van der Waals surface area contributed by atoms with Gasteiger partial charge in [0.25, 0.3) is 11.8 Å². The molecule has 0 saturated carbocycles. The predicted molar refractivity (Wildman–Crippen MR) is 108 cm³/mol. The minimum absolute atomic E-state index is 0.0609. The van der Waals surface area contributed by atoms with Crippen molar-refractivity contribution >= 4 is 23.2 Å². The van der Waals surface area contributed by atoms with Crippen molar-refractivity contribution in [3.05, 3.63) is 53.6 Å². The van der Waals surface area contributed by atoms with Crippen molar-refractivity contribution in [3.8, 4) is 5.75 Å². The number of amides is 2. The number of carbonyl (C=O) groups is 2. The van der Waals surface area contributed by atoms with Gasteiger partial charge < -0.3 is 20.7 Å². The monoisotopic (exact) mass is 369 g/mol. The summed E-state index contributed by atoms with van der Waals surface area (Å²) in [4.78, 5) is 27.2. The lowest BCUT2D eigenvalue weighted by atomic mass is 10.1. The quantitative estimate of drug-likeness (QED) is 0.693. The minimum atomic E-state index is -0.331. The Morgan fingerprint density at radius 2 is 1.70 bits per heavy atom. The molecule has 0 spiro atoms. The van der Waals surface area contributed by atoms with Gasteiger partial charge in [0, 0.05) is 30.3 Å². The number of ether oxygens (including phenoxy) is 1. The highest BCUT2D eigenvalue weighted by Gasteiger charge is 2.16. The molecule has 0 heterocycles. The molecule has 0 unspecified atom stereocenters. The van der Waals surface area contributed by atoms with Crippen molar-refractivity contribution in [2.24, 2.45) is 0 Å². The first-order chi connectivity index (χ1) is 13.0. The van der Waals surface area contributed by atoms with E-state index in [2.05, 4.69) is 5.32 Å². The summed E-state index contributed by atoms with van der Waals surface area (Å²) >= 11 is 0. The van der Waals surface area contributed by atoms with E-state index in [9.17, 15) is 9.59 Å². The van der Waals surface area contributed by atoms with E-state index in [1.165, 1.54) is 0 Å². The highest BCUT2D eigenvalue weighted by atomic mass is 16.5. The maximum atomic E-state index is 12.8. The molecule has 0 saturated heterocycles. The van der Waals surface area contributed by atoms with E-state index in [0.29, 0.717) is 41.3 Å². The largest absolute Gasteiger partial charge is 0.497 e. The Hall–Kier alpha value is -3.02. The van der Waals surface area contributed by atoms with Gasteiger partial charge in [-0.2, -0.15) is 0 Å². The third-order valence-electron chi connectivity index (χ3n) is 4.15. The van der Waals surface area contributed by atoms with E-state index < -0.39 is 0 Å². The first-order valence-electron chi connectivity index (χ1n) is 9.14. The van der Waals surface area contributed by atoms with Crippen molar-refractivity contribution in [2.45, 2.75) is 26.7 Å². The molecule has 0 aliphatic rings. The average Bonchev–Trinajstić information content (AvgIpc) is 2.69.